The van der Waals surface area contributed by atoms with Crippen molar-refractivity contribution >= 4 is 28.4 Å². The standard InChI is InChI=1S/C55H45NO3/c1-3-13-40(14-4-1)56(41-15-5-2-6-16-41)42-28-23-36(24-29-42)38-25-30-47-53(34-38)58-51-21-11-8-18-45(51)55(47)46-19-9-12-22-52(46)59-54-35-39(26-31-48(54)55)37-27-32-50-44(33-37)43-17-7-10-20-49(43)57-50/h1-5,7,9-14,17,19-32,35,37-38,41H,6,8,15-16,18,33-34H2. The molecule has 6 aliphatic rings. The van der Waals surface area contributed by atoms with E-state index in [4.69, 9.17) is 13.9 Å². The lowest BCUT2D eigenvalue weighted by atomic mass is 9.58. The van der Waals surface area contributed by atoms with Gasteiger partial charge in [0, 0.05) is 63.3 Å². The van der Waals surface area contributed by atoms with E-state index < -0.39 is 5.41 Å². The van der Waals surface area contributed by atoms with Gasteiger partial charge in [0.15, 0.2) is 0 Å². The first-order valence-electron chi connectivity index (χ1n) is 21.4. The summed E-state index contributed by atoms with van der Waals surface area (Å²) in [5, 5.41) is 1.20. The topological polar surface area (TPSA) is 34.8 Å². The van der Waals surface area contributed by atoms with Crippen LogP contribution in [0.5, 0.6) is 11.5 Å². The molecule has 0 amide bonds. The van der Waals surface area contributed by atoms with Gasteiger partial charge in [0.05, 0.1) is 5.41 Å². The molecule has 0 fully saturated rings. The molecule has 0 bridgehead atoms. The molecule has 3 heterocycles. The Bertz CT molecular complexity index is 2830. The molecule has 0 saturated heterocycles. The highest BCUT2D eigenvalue weighted by molar-refractivity contribution is 5.85. The van der Waals surface area contributed by atoms with Gasteiger partial charge in [-0.25, -0.2) is 0 Å². The summed E-state index contributed by atoms with van der Waals surface area (Å²) in [7, 11) is 0. The molecule has 6 aromatic rings. The second-order valence-corrected chi connectivity index (χ2v) is 16.8. The van der Waals surface area contributed by atoms with E-state index in [9.17, 15) is 0 Å². The molecule has 4 nitrogen and oxygen atoms in total. The number of hydrogen-bond acceptors (Lipinski definition) is 4. The fourth-order valence-electron chi connectivity index (χ4n) is 10.9. The van der Waals surface area contributed by atoms with Crippen LogP contribution in [0.15, 0.2) is 191 Å². The first-order valence-corrected chi connectivity index (χ1v) is 21.4. The summed E-state index contributed by atoms with van der Waals surface area (Å²) in [6, 6.07) is 44.7. The van der Waals surface area contributed by atoms with Crippen LogP contribution in [-0.2, 0) is 16.6 Å². The molecule has 12 rings (SSSR count). The number of nitrogens with zero attached hydrogens (tertiary/aromatic N) is 1. The lowest BCUT2D eigenvalue weighted by molar-refractivity contribution is 0.259. The largest absolute Gasteiger partial charge is 0.461 e. The van der Waals surface area contributed by atoms with Gasteiger partial charge in [0.1, 0.15) is 34.4 Å². The second-order valence-electron chi connectivity index (χ2n) is 16.8. The molecule has 4 heteroatoms. The van der Waals surface area contributed by atoms with Crippen molar-refractivity contribution in [3.05, 3.63) is 220 Å². The van der Waals surface area contributed by atoms with Gasteiger partial charge in [-0.2, -0.15) is 0 Å². The Morgan fingerprint density at radius 1 is 0.610 bits per heavy atom. The van der Waals surface area contributed by atoms with Crippen LogP contribution in [0.1, 0.15) is 83.9 Å². The van der Waals surface area contributed by atoms with Crippen LogP contribution >= 0.6 is 0 Å². The first kappa shape index (κ1) is 34.5. The average molecular weight is 768 g/mol. The number of para-hydroxylation sites is 3. The summed E-state index contributed by atoms with van der Waals surface area (Å²) in [6.45, 7) is 0. The van der Waals surface area contributed by atoms with E-state index in [-0.39, 0.29) is 11.8 Å². The quantitative estimate of drug-likeness (QED) is 0.164. The molecule has 1 spiro atoms. The minimum atomic E-state index is -0.525. The molecular weight excluding hydrogens is 723 g/mol. The Balaban J connectivity index is 0.921. The van der Waals surface area contributed by atoms with Crippen molar-refractivity contribution in [2.75, 3.05) is 4.90 Å². The molecule has 4 aliphatic carbocycles. The zero-order chi connectivity index (χ0) is 38.9. The monoisotopic (exact) mass is 767 g/mol. The van der Waals surface area contributed by atoms with Gasteiger partial charge in [-0.3, -0.25) is 0 Å². The predicted octanol–water partition coefficient (Wildman–Crippen LogP) is 14.1. The van der Waals surface area contributed by atoms with Crippen LogP contribution < -0.4 is 9.64 Å². The highest BCUT2D eigenvalue weighted by Crippen LogP contribution is 2.62. The van der Waals surface area contributed by atoms with Crippen LogP contribution in [0.2, 0.25) is 0 Å². The number of allylic oxidation sites excluding steroid dienone is 9. The smallest absolute Gasteiger partial charge is 0.135 e. The Labute approximate surface area is 345 Å². The first-order chi connectivity index (χ1) is 29.2. The van der Waals surface area contributed by atoms with Crippen molar-refractivity contribution < 1.29 is 13.9 Å². The number of hydrogen-bond donors (Lipinski definition) is 0. The number of ether oxygens (including phenoxy) is 2. The Hall–Kier alpha value is -6.52. The highest BCUT2D eigenvalue weighted by atomic mass is 16.5. The van der Waals surface area contributed by atoms with Crippen LogP contribution in [0.25, 0.3) is 17.0 Å². The molecule has 0 radical (unpaired) electrons. The number of fused-ring (bicyclic) bond motifs is 9. The number of furan rings is 1. The summed E-state index contributed by atoms with van der Waals surface area (Å²) in [6.07, 6.45) is 25.3. The third-order valence-electron chi connectivity index (χ3n) is 13.6. The van der Waals surface area contributed by atoms with Gasteiger partial charge in [-0.1, -0.05) is 115 Å². The van der Waals surface area contributed by atoms with Crippen LogP contribution in [0, 0.1) is 0 Å². The number of benzene rings is 5. The van der Waals surface area contributed by atoms with Gasteiger partial charge in [0.2, 0.25) is 0 Å². The van der Waals surface area contributed by atoms with E-state index in [2.05, 4.69) is 169 Å². The minimum Gasteiger partial charge on any atom is -0.461 e. The lowest BCUT2D eigenvalue weighted by Crippen LogP contribution is -2.40. The molecule has 59 heavy (non-hydrogen) atoms. The molecule has 1 aromatic heterocycles. The Kier molecular flexibility index (Phi) is 8.08. The predicted molar refractivity (Wildman–Crippen MR) is 237 cm³/mol. The zero-order valence-corrected chi connectivity index (χ0v) is 33.0. The van der Waals surface area contributed by atoms with Crippen LogP contribution in [0.4, 0.5) is 11.4 Å². The molecule has 5 aromatic carbocycles. The van der Waals surface area contributed by atoms with Gasteiger partial charge in [-0.15, -0.1) is 0 Å². The van der Waals surface area contributed by atoms with Crippen molar-refractivity contribution in [2.45, 2.75) is 68.2 Å². The molecule has 0 saturated carbocycles. The van der Waals surface area contributed by atoms with E-state index in [0.29, 0.717) is 6.04 Å². The van der Waals surface area contributed by atoms with Crippen molar-refractivity contribution in [3.8, 4) is 11.5 Å². The summed E-state index contributed by atoms with van der Waals surface area (Å²) >= 11 is 0. The molecule has 2 aliphatic heterocycles. The Morgan fingerprint density at radius 2 is 1.39 bits per heavy atom. The van der Waals surface area contributed by atoms with E-state index in [1.54, 1.807) is 0 Å². The Morgan fingerprint density at radius 3 is 2.29 bits per heavy atom. The van der Waals surface area contributed by atoms with Crippen LogP contribution in [0.3, 0.4) is 0 Å². The van der Waals surface area contributed by atoms with E-state index >= 15 is 0 Å². The molecular formula is C55H45NO3. The third-order valence-corrected chi connectivity index (χ3v) is 13.6. The van der Waals surface area contributed by atoms with Crippen molar-refractivity contribution in [3.63, 3.8) is 0 Å². The third kappa shape index (κ3) is 5.49. The zero-order valence-electron chi connectivity index (χ0n) is 33.0. The van der Waals surface area contributed by atoms with Gasteiger partial charge >= 0.3 is 0 Å². The van der Waals surface area contributed by atoms with Gasteiger partial charge < -0.3 is 18.8 Å². The van der Waals surface area contributed by atoms with Gasteiger partial charge in [0.25, 0.3) is 0 Å². The van der Waals surface area contributed by atoms with E-state index in [1.165, 1.54) is 55.7 Å². The summed E-state index contributed by atoms with van der Waals surface area (Å²) < 4.78 is 20.2. The highest BCUT2D eigenvalue weighted by Gasteiger charge is 2.53. The number of rotatable bonds is 5. The SMILES string of the molecule is C1=CC2=C(CC1)C1(C3=C(CC(c4ccc(N(c5ccccc5)C5CC=CCC5)cc4)C=C3)O2)c2ccccc2Oc2cc(C3C=Cc4oc5ccccc5c4C3)ccc21. The molecule has 4 atom stereocenters. The van der Waals surface area contributed by atoms with Crippen LogP contribution in [-0.4, -0.2) is 6.04 Å². The van der Waals surface area contributed by atoms with E-state index in [0.717, 1.165) is 79.3 Å². The summed E-state index contributed by atoms with van der Waals surface area (Å²) in [5.41, 5.74) is 11.7. The van der Waals surface area contributed by atoms with E-state index in [1.807, 2.05) is 6.07 Å². The maximum atomic E-state index is 7.03. The fraction of sp³-hybridized carbons (Fsp3) is 0.200. The second kappa shape index (κ2) is 13.8. The van der Waals surface area contributed by atoms with Crippen molar-refractivity contribution in [1.29, 1.82) is 0 Å². The summed E-state index contributed by atoms with van der Waals surface area (Å²) in [5.74, 6) is 5.25. The van der Waals surface area contributed by atoms with Gasteiger partial charge in [-0.05, 0) is 110 Å². The molecule has 288 valence electrons. The molecule has 4 unspecified atom stereocenters. The average Bonchev–Trinajstić information content (AvgIpc) is 3.68. The van der Waals surface area contributed by atoms with Crippen molar-refractivity contribution in [2.24, 2.45) is 0 Å². The normalized spacial score (nSPS) is 23.6. The maximum Gasteiger partial charge on any atom is 0.135 e. The fourth-order valence-corrected chi connectivity index (χ4v) is 10.9. The lowest BCUT2D eigenvalue weighted by Gasteiger charge is -2.48. The minimum absolute atomic E-state index is 0.191. The molecule has 0 N–H and O–H groups in total. The maximum absolute atomic E-state index is 7.03. The van der Waals surface area contributed by atoms with Crippen molar-refractivity contribution in [1.82, 2.24) is 0 Å². The number of anilines is 2. The summed E-state index contributed by atoms with van der Waals surface area (Å²) in [4.78, 5) is 2.54.